The van der Waals surface area contributed by atoms with Crippen molar-refractivity contribution in [3.63, 3.8) is 0 Å². The van der Waals surface area contributed by atoms with E-state index < -0.39 is 11.9 Å². The molecule has 0 radical (unpaired) electrons. The molecule has 4 nitrogen and oxygen atoms in total. The van der Waals surface area contributed by atoms with Crippen molar-refractivity contribution in [2.24, 2.45) is 5.92 Å². The molecule has 0 unspecified atom stereocenters. The Bertz CT molecular complexity index is 976. The molecule has 0 spiro atoms. The Hall–Kier alpha value is -3.40. The summed E-state index contributed by atoms with van der Waals surface area (Å²) in [5.41, 5.74) is 4.47. The summed E-state index contributed by atoms with van der Waals surface area (Å²) >= 11 is 0. The maximum Gasteiger partial charge on any atom is 0.316 e. The monoisotopic (exact) mass is 429 g/mol. The molecule has 0 amide bonds. The van der Waals surface area contributed by atoms with E-state index in [1.807, 2.05) is 55.5 Å². The first-order chi connectivity index (χ1) is 15.5. The zero-order valence-electron chi connectivity index (χ0n) is 19.0. The Morgan fingerprint density at radius 2 is 1.41 bits per heavy atom. The standard InChI is InChI=1S/C28H31NO3/c1-4-26(27(21(2)30)28(31)32-3)24-16-11-17-25(18-24)29(19-22-12-7-5-8-13-22)20-23-14-9-6-10-15-23/h5-18,26-27H,4,19-20H2,1-3H3/t26-,27-/m1/s1. The molecular formula is C28H31NO3. The van der Waals surface area contributed by atoms with Crippen molar-refractivity contribution >= 4 is 17.4 Å². The van der Waals surface area contributed by atoms with Gasteiger partial charge in [-0.1, -0.05) is 79.7 Å². The van der Waals surface area contributed by atoms with Crippen molar-refractivity contribution in [3.8, 4) is 0 Å². The van der Waals surface area contributed by atoms with Gasteiger partial charge in [-0.05, 0) is 42.2 Å². The van der Waals surface area contributed by atoms with E-state index in [1.54, 1.807) is 0 Å². The third kappa shape index (κ3) is 5.85. The highest BCUT2D eigenvalue weighted by molar-refractivity contribution is 5.98. The first-order valence-corrected chi connectivity index (χ1v) is 11.0. The predicted molar refractivity (Wildman–Crippen MR) is 128 cm³/mol. The highest BCUT2D eigenvalue weighted by atomic mass is 16.5. The van der Waals surface area contributed by atoms with Crippen LogP contribution >= 0.6 is 0 Å². The Morgan fingerprint density at radius 1 is 0.844 bits per heavy atom. The van der Waals surface area contributed by atoms with Crippen LogP contribution in [-0.2, 0) is 27.4 Å². The van der Waals surface area contributed by atoms with E-state index in [4.69, 9.17) is 4.74 Å². The lowest BCUT2D eigenvalue weighted by molar-refractivity contribution is -0.150. The fourth-order valence-corrected chi connectivity index (χ4v) is 4.20. The van der Waals surface area contributed by atoms with Gasteiger partial charge in [-0.2, -0.15) is 0 Å². The van der Waals surface area contributed by atoms with Crippen molar-refractivity contribution in [1.82, 2.24) is 0 Å². The molecule has 4 heteroatoms. The van der Waals surface area contributed by atoms with Gasteiger partial charge < -0.3 is 9.64 Å². The van der Waals surface area contributed by atoms with Gasteiger partial charge in [0.05, 0.1) is 7.11 Å². The SMILES string of the molecule is CC[C@H](c1cccc(N(Cc2ccccc2)Cc2ccccc2)c1)[C@@H](C(C)=O)C(=O)OC. The van der Waals surface area contributed by atoms with Gasteiger partial charge in [-0.15, -0.1) is 0 Å². The molecule has 0 aliphatic rings. The fraction of sp³-hybridized carbons (Fsp3) is 0.286. The number of carbonyl (C=O) groups is 2. The van der Waals surface area contributed by atoms with E-state index in [0.29, 0.717) is 6.42 Å². The summed E-state index contributed by atoms with van der Waals surface area (Å²) in [6.07, 6.45) is 0.667. The topological polar surface area (TPSA) is 46.6 Å². The van der Waals surface area contributed by atoms with Gasteiger partial charge in [0.25, 0.3) is 0 Å². The summed E-state index contributed by atoms with van der Waals surface area (Å²) in [6.45, 7) is 4.97. The van der Waals surface area contributed by atoms with Gasteiger partial charge in [-0.25, -0.2) is 0 Å². The highest BCUT2D eigenvalue weighted by Crippen LogP contribution is 2.33. The first-order valence-electron chi connectivity index (χ1n) is 11.0. The molecule has 0 aliphatic heterocycles. The molecule has 0 saturated carbocycles. The molecule has 0 heterocycles. The molecule has 0 bridgehead atoms. The summed E-state index contributed by atoms with van der Waals surface area (Å²) in [4.78, 5) is 27.0. The lowest BCUT2D eigenvalue weighted by Gasteiger charge is -2.28. The summed E-state index contributed by atoms with van der Waals surface area (Å²) in [5, 5.41) is 0. The molecule has 0 aromatic heterocycles. The molecule has 166 valence electrons. The van der Waals surface area contributed by atoms with Crippen LogP contribution in [0.4, 0.5) is 5.69 Å². The molecule has 32 heavy (non-hydrogen) atoms. The summed E-state index contributed by atoms with van der Waals surface area (Å²) in [7, 11) is 1.34. The second-order valence-electron chi connectivity index (χ2n) is 8.05. The van der Waals surface area contributed by atoms with Gasteiger partial charge in [0.1, 0.15) is 11.7 Å². The van der Waals surface area contributed by atoms with Crippen LogP contribution in [0.5, 0.6) is 0 Å². The normalized spacial score (nSPS) is 12.6. The first kappa shape index (κ1) is 23.3. The largest absolute Gasteiger partial charge is 0.468 e. The molecule has 2 atom stereocenters. The number of Topliss-reactive ketones (excluding diaryl/α,β-unsaturated/α-hetero) is 1. The molecule has 0 saturated heterocycles. The van der Waals surface area contributed by atoms with Crippen LogP contribution in [-0.4, -0.2) is 18.9 Å². The van der Waals surface area contributed by atoms with Gasteiger partial charge in [-0.3, -0.25) is 9.59 Å². The van der Waals surface area contributed by atoms with Gasteiger partial charge in [0.15, 0.2) is 0 Å². The van der Waals surface area contributed by atoms with Crippen LogP contribution in [0, 0.1) is 5.92 Å². The van der Waals surface area contributed by atoms with Crippen molar-refractivity contribution in [3.05, 3.63) is 102 Å². The second kappa shape index (κ2) is 11.3. The number of methoxy groups -OCH3 is 1. The predicted octanol–water partition coefficient (Wildman–Crippen LogP) is 5.77. The minimum Gasteiger partial charge on any atom is -0.468 e. The van der Waals surface area contributed by atoms with Crippen molar-refractivity contribution in [2.75, 3.05) is 12.0 Å². The van der Waals surface area contributed by atoms with E-state index in [9.17, 15) is 9.59 Å². The Labute approximate surface area is 190 Å². The minimum absolute atomic E-state index is 0.167. The second-order valence-corrected chi connectivity index (χ2v) is 8.05. The molecule has 0 N–H and O–H groups in total. The Kier molecular flexibility index (Phi) is 8.20. The van der Waals surface area contributed by atoms with E-state index in [-0.39, 0.29) is 11.7 Å². The minimum atomic E-state index is -0.794. The Morgan fingerprint density at radius 3 is 1.88 bits per heavy atom. The number of nitrogens with zero attached hydrogens (tertiary/aromatic N) is 1. The number of hydrogen-bond acceptors (Lipinski definition) is 4. The van der Waals surface area contributed by atoms with Crippen LogP contribution < -0.4 is 4.90 Å². The maximum absolute atomic E-state index is 12.4. The summed E-state index contributed by atoms with van der Waals surface area (Å²) in [5.74, 6) is -1.66. The van der Waals surface area contributed by atoms with Crippen LogP contribution in [0.1, 0.15) is 42.9 Å². The third-order valence-corrected chi connectivity index (χ3v) is 5.83. The van der Waals surface area contributed by atoms with E-state index in [1.165, 1.54) is 25.2 Å². The van der Waals surface area contributed by atoms with Crippen molar-refractivity contribution < 1.29 is 14.3 Å². The van der Waals surface area contributed by atoms with Gasteiger partial charge in [0.2, 0.25) is 0 Å². The smallest absolute Gasteiger partial charge is 0.316 e. The summed E-state index contributed by atoms with van der Waals surface area (Å²) < 4.78 is 4.94. The zero-order valence-corrected chi connectivity index (χ0v) is 19.0. The highest BCUT2D eigenvalue weighted by Gasteiger charge is 2.33. The molecule has 0 aliphatic carbocycles. The van der Waals surface area contributed by atoms with Crippen LogP contribution in [0.15, 0.2) is 84.9 Å². The van der Waals surface area contributed by atoms with Crippen LogP contribution in [0.2, 0.25) is 0 Å². The Balaban J connectivity index is 1.97. The number of rotatable bonds is 10. The number of anilines is 1. The third-order valence-electron chi connectivity index (χ3n) is 5.83. The van der Waals surface area contributed by atoms with Gasteiger partial charge in [0, 0.05) is 24.7 Å². The van der Waals surface area contributed by atoms with E-state index in [2.05, 4.69) is 41.3 Å². The fourth-order valence-electron chi connectivity index (χ4n) is 4.20. The van der Waals surface area contributed by atoms with Crippen LogP contribution in [0.3, 0.4) is 0 Å². The number of hydrogen-bond donors (Lipinski definition) is 0. The lowest BCUT2D eigenvalue weighted by atomic mass is 9.81. The zero-order chi connectivity index (χ0) is 22.9. The number of ketones is 1. The molecule has 3 aromatic rings. The van der Waals surface area contributed by atoms with E-state index >= 15 is 0 Å². The molecule has 3 aromatic carbocycles. The molecule has 0 fully saturated rings. The van der Waals surface area contributed by atoms with Crippen LogP contribution in [0.25, 0.3) is 0 Å². The molecule has 3 rings (SSSR count). The number of ether oxygens (including phenoxy) is 1. The quantitative estimate of drug-likeness (QED) is 0.303. The lowest BCUT2D eigenvalue weighted by Crippen LogP contribution is -2.30. The maximum atomic E-state index is 12.4. The number of carbonyl (C=O) groups excluding carboxylic acids is 2. The number of esters is 1. The van der Waals surface area contributed by atoms with Gasteiger partial charge >= 0.3 is 5.97 Å². The number of benzene rings is 3. The van der Waals surface area contributed by atoms with E-state index in [0.717, 1.165) is 24.3 Å². The molecular weight excluding hydrogens is 398 g/mol. The average Bonchev–Trinajstić information content (AvgIpc) is 2.82. The van der Waals surface area contributed by atoms with Crippen molar-refractivity contribution in [1.29, 1.82) is 0 Å². The summed E-state index contributed by atoms with van der Waals surface area (Å²) in [6, 6.07) is 28.9. The van der Waals surface area contributed by atoms with Crippen molar-refractivity contribution in [2.45, 2.75) is 39.3 Å². The average molecular weight is 430 g/mol.